The molecule has 0 fully saturated rings. The van der Waals surface area contributed by atoms with Crippen LogP contribution in [0.5, 0.6) is 0 Å². The zero-order valence-electron chi connectivity index (χ0n) is 8.81. The predicted octanol–water partition coefficient (Wildman–Crippen LogP) is 2.78. The number of alkyl halides is 1. The minimum atomic E-state index is -0.390. The van der Waals surface area contributed by atoms with E-state index in [0.717, 1.165) is 16.7 Å². The molecule has 0 amide bonds. The number of para-hydroxylation sites is 2. The van der Waals surface area contributed by atoms with Gasteiger partial charge in [0.1, 0.15) is 5.92 Å². The lowest BCUT2D eigenvalue weighted by molar-refractivity contribution is 0.901. The third kappa shape index (κ3) is 1.84. The van der Waals surface area contributed by atoms with Crippen molar-refractivity contribution in [3.05, 3.63) is 35.7 Å². The Morgan fingerprint density at radius 1 is 1.31 bits per heavy atom. The number of aromatic nitrogens is 2. The van der Waals surface area contributed by atoms with E-state index in [1.54, 1.807) is 0 Å². The third-order valence-corrected chi connectivity index (χ3v) is 2.73. The van der Waals surface area contributed by atoms with Crippen molar-refractivity contribution in [3.8, 4) is 6.07 Å². The summed E-state index contributed by atoms with van der Waals surface area (Å²) in [4.78, 5) is 8.87. The number of rotatable bonds is 2. The van der Waals surface area contributed by atoms with Crippen LogP contribution >= 0.6 is 11.6 Å². The fraction of sp³-hybridized carbons (Fsp3) is 0.250. The van der Waals surface area contributed by atoms with E-state index in [-0.39, 0.29) is 5.88 Å². The lowest BCUT2D eigenvalue weighted by atomic mass is 10.1. The number of hydrogen-bond donors (Lipinski definition) is 0. The number of nitrogens with zero attached hydrogens (tertiary/aromatic N) is 3. The summed E-state index contributed by atoms with van der Waals surface area (Å²) in [7, 11) is 0. The Balaban J connectivity index is 2.63. The maximum Gasteiger partial charge on any atom is 0.104 e. The predicted molar refractivity (Wildman–Crippen MR) is 63.3 cm³/mol. The molecule has 0 bridgehead atoms. The van der Waals surface area contributed by atoms with Crippen LogP contribution in [0.15, 0.2) is 24.3 Å². The molecule has 0 aliphatic rings. The molecule has 1 aromatic heterocycles. The highest BCUT2D eigenvalue weighted by Gasteiger charge is 2.15. The molecule has 1 atom stereocenters. The summed E-state index contributed by atoms with van der Waals surface area (Å²) >= 11 is 5.74. The van der Waals surface area contributed by atoms with Crippen molar-refractivity contribution < 1.29 is 0 Å². The second kappa shape index (κ2) is 4.46. The van der Waals surface area contributed by atoms with Crippen LogP contribution in [0.1, 0.15) is 17.3 Å². The molecular formula is C12H10ClN3. The van der Waals surface area contributed by atoms with Crippen molar-refractivity contribution in [2.24, 2.45) is 0 Å². The summed E-state index contributed by atoms with van der Waals surface area (Å²) in [5.74, 6) is -0.150. The lowest BCUT2D eigenvalue weighted by Gasteiger charge is -2.08. The number of nitriles is 1. The minimum Gasteiger partial charge on any atom is -0.250 e. The Labute approximate surface area is 98.7 Å². The minimum absolute atomic E-state index is 0.240. The van der Waals surface area contributed by atoms with Crippen LogP contribution in [0.3, 0.4) is 0 Å². The van der Waals surface area contributed by atoms with E-state index in [9.17, 15) is 0 Å². The zero-order valence-corrected chi connectivity index (χ0v) is 9.57. The molecule has 1 heterocycles. The summed E-state index contributed by atoms with van der Waals surface area (Å²) in [6.45, 7) is 1.85. The Hall–Kier alpha value is -1.66. The molecule has 2 rings (SSSR count). The van der Waals surface area contributed by atoms with Gasteiger partial charge in [-0.1, -0.05) is 12.1 Å². The van der Waals surface area contributed by atoms with Crippen molar-refractivity contribution >= 4 is 22.6 Å². The second-order valence-corrected chi connectivity index (χ2v) is 3.83. The molecule has 0 saturated heterocycles. The topological polar surface area (TPSA) is 49.6 Å². The SMILES string of the molecule is Cc1nc2ccccc2nc1C(C#N)CCl. The largest absolute Gasteiger partial charge is 0.250 e. The molecule has 0 saturated carbocycles. The molecule has 4 heteroatoms. The van der Waals surface area contributed by atoms with E-state index in [2.05, 4.69) is 16.0 Å². The van der Waals surface area contributed by atoms with Crippen molar-refractivity contribution in [3.63, 3.8) is 0 Å². The zero-order chi connectivity index (χ0) is 11.5. The molecule has 1 unspecified atom stereocenters. The summed E-state index contributed by atoms with van der Waals surface area (Å²) < 4.78 is 0. The Bertz CT molecular complexity index is 560. The summed E-state index contributed by atoms with van der Waals surface area (Å²) in [5, 5.41) is 8.97. The standard InChI is InChI=1S/C12H10ClN3/c1-8-12(9(6-13)7-14)16-11-5-3-2-4-10(11)15-8/h2-5,9H,6H2,1H3. The van der Waals surface area contributed by atoms with Crippen LogP contribution in [-0.2, 0) is 0 Å². The first-order chi connectivity index (χ1) is 7.76. The molecule has 0 aliphatic heterocycles. The maximum absolute atomic E-state index is 8.97. The molecule has 80 valence electrons. The fourth-order valence-electron chi connectivity index (χ4n) is 1.60. The van der Waals surface area contributed by atoms with Gasteiger partial charge in [0.05, 0.1) is 28.5 Å². The maximum atomic E-state index is 8.97. The van der Waals surface area contributed by atoms with Crippen molar-refractivity contribution in [2.75, 3.05) is 5.88 Å². The number of fused-ring (bicyclic) bond motifs is 1. The molecular weight excluding hydrogens is 222 g/mol. The molecule has 2 aromatic rings. The van der Waals surface area contributed by atoms with Gasteiger partial charge < -0.3 is 0 Å². The Morgan fingerprint density at radius 2 is 1.94 bits per heavy atom. The van der Waals surface area contributed by atoms with E-state index >= 15 is 0 Å². The van der Waals surface area contributed by atoms with Gasteiger partial charge in [0.25, 0.3) is 0 Å². The summed E-state index contributed by atoms with van der Waals surface area (Å²) in [6, 6.07) is 9.74. The highest BCUT2D eigenvalue weighted by atomic mass is 35.5. The molecule has 1 aromatic carbocycles. The molecule has 0 N–H and O–H groups in total. The first-order valence-electron chi connectivity index (χ1n) is 4.95. The van der Waals surface area contributed by atoms with Gasteiger partial charge in [-0.3, -0.25) is 0 Å². The van der Waals surface area contributed by atoms with E-state index in [0.29, 0.717) is 5.69 Å². The molecule has 0 radical (unpaired) electrons. The van der Waals surface area contributed by atoms with Crippen LogP contribution in [0.4, 0.5) is 0 Å². The molecule has 0 spiro atoms. The smallest absolute Gasteiger partial charge is 0.104 e. The van der Waals surface area contributed by atoms with Gasteiger partial charge in [-0.15, -0.1) is 11.6 Å². The van der Waals surface area contributed by atoms with E-state index < -0.39 is 5.92 Å². The van der Waals surface area contributed by atoms with Crippen LogP contribution in [0.25, 0.3) is 11.0 Å². The number of halogens is 1. The lowest BCUT2D eigenvalue weighted by Crippen LogP contribution is -2.05. The fourth-order valence-corrected chi connectivity index (χ4v) is 1.82. The normalized spacial score (nSPS) is 12.3. The van der Waals surface area contributed by atoms with E-state index in [1.165, 1.54) is 0 Å². The van der Waals surface area contributed by atoms with Crippen LogP contribution in [0, 0.1) is 18.3 Å². The van der Waals surface area contributed by atoms with E-state index in [4.69, 9.17) is 16.9 Å². The number of benzene rings is 1. The monoisotopic (exact) mass is 231 g/mol. The third-order valence-electron chi connectivity index (χ3n) is 2.42. The quantitative estimate of drug-likeness (QED) is 0.747. The van der Waals surface area contributed by atoms with Crippen molar-refractivity contribution in [2.45, 2.75) is 12.8 Å². The van der Waals surface area contributed by atoms with Gasteiger partial charge in [-0.2, -0.15) is 5.26 Å². The number of hydrogen-bond acceptors (Lipinski definition) is 3. The van der Waals surface area contributed by atoms with Crippen LogP contribution in [-0.4, -0.2) is 15.8 Å². The average Bonchev–Trinajstić information content (AvgIpc) is 2.31. The first kappa shape index (κ1) is 10.8. The summed E-state index contributed by atoms with van der Waals surface area (Å²) in [6.07, 6.45) is 0. The second-order valence-electron chi connectivity index (χ2n) is 3.52. The van der Waals surface area contributed by atoms with Gasteiger partial charge in [0, 0.05) is 5.88 Å². The molecule has 16 heavy (non-hydrogen) atoms. The van der Waals surface area contributed by atoms with Crippen molar-refractivity contribution in [1.82, 2.24) is 9.97 Å². The number of aryl methyl sites for hydroxylation is 1. The molecule has 0 aliphatic carbocycles. The highest BCUT2D eigenvalue weighted by molar-refractivity contribution is 6.18. The van der Waals surface area contributed by atoms with Gasteiger partial charge in [-0.05, 0) is 19.1 Å². The highest BCUT2D eigenvalue weighted by Crippen LogP contribution is 2.20. The van der Waals surface area contributed by atoms with Crippen molar-refractivity contribution in [1.29, 1.82) is 5.26 Å². The summed E-state index contributed by atoms with van der Waals surface area (Å²) in [5.41, 5.74) is 3.09. The van der Waals surface area contributed by atoms with Gasteiger partial charge in [0.2, 0.25) is 0 Å². The van der Waals surface area contributed by atoms with Crippen LogP contribution < -0.4 is 0 Å². The van der Waals surface area contributed by atoms with Crippen LogP contribution in [0.2, 0.25) is 0 Å². The molecule has 3 nitrogen and oxygen atoms in total. The Morgan fingerprint density at radius 3 is 2.50 bits per heavy atom. The average molecular weight is 232 g/mol. The Kier molecular flexibility index (Phi) is 3.02. The van der Waals surface area contributed by atoms with Gasteiger partial charge >= 0.3 is 0 Å². The van der Waals surface area contributed by atoms with E-state index in [1.807, 2.05) is 31.2 Å². The first-order valence-corrected chi connectivity index (χ1v) is 5.48. The van der Waals surface area contributed by atoms with Gasteiger partial charge in [-0.25, -0.2) is 9.97 Å². The van der Waals surface area contributed by atoms with Gasteiger partial charge in [0.15, 0.2) is 0 Å².